The molecule has 1 aromatic carbocycles. The topological polar surface area (TPSA) is 45.8 Å². The predicted molar refractivity (Wildman–Crippen MR) is 59.7 cm³/mol. The van der Waals surface area contributed by atoms with Crippen LogP contribution in [0, 0.1) is 25.5 Å². The van der Waals surface area contributed by atoms with Gasteiger partial charge in [0.1, 0.15) is 17.5 Å². The average molecular weight is 236 g/mol. The lowest BCUT2D eigenvalue weighted by atomic mass is 10.1. The highest BCUT2D eigenvalue weighted by molar-refractivity contribution is 5.62. The molecule has 1 aromatic heterocycles. The minimum Gasteiger partial charge on any atom is -0.311 e. The van der Waals surface area contributed by atoms with Crippen LogP contribution in [-0.4, -0.2) is 9.97 Å². The van der Waals surface area contributed by atoms with Crippen LogP contribution in [0.25, 0.3) is 11.3 Å². The van der Waals surface area contributed by atoms with Gasteiger partial charge in [-0.15, -0.1) is 0 Å². The van der Waals surface area contributed by atoms with Crippen molar-refractivity contribution in [3.63, 3.8) is 0 Å². The molecule has 0 amide bonds. The SMILES string of the molecule is Cc1nc(-c2cc(F)cc(F)c2)c(C)c(=O)[nH]1. The van der Waals surface area contributed by atoms with Gasteiger partial charge >= 0.3 is 0 Å². The molecule has 0 unspecified atom stereocenters. The molecule has 0 atom stereocenters. The van der Waals surface area contributed by atoms with E-state index in [2.05, 4.69) is 9.97 Å². The smallest absolute Gasteiger partial charge is 0.254 e. The number of H-pyrrole nitrogens is 1. The van der Waals surface area contributed by atoms with E-state index in [1.807, 2.05) is 0 Å². The van der Waals surface area contributed by atoms with Gasteiger partial charge in [-0.05, 0) is 26.0 Å². The molecule has 88 valence electrons. The van der Waals surface area contributed by atoms with Crippen LogP contribution in [-0.2, 0) is 0 Å². The molecule has 0 spiro atoms. The number of hydrogen-bond acceptors (Lipinski definition) is 2. The summed E-state index contributed by atoms with van der Waals surface area (Å²) in [5, 5.41) is 0. The van der Waals surface area contributed by atoms with E-state index in [0.29, 0.717) is 17.1 Å². The summed E-state index contributed by atoms with van der Waals surface area (Å²) in [4.78, 5) is 18.1. The van der Waals surface area contributed by atoms with E-state index in [9.17, 15) is 13.6 Å². The largest absolute Gasteiger partial charge is 0.311 e. The third-order valence-electron chi connectivity index (χ3n) is 2.41. The molecule has 0 aliphatic rings. The maximum Gasteiger partial charge on any atom is 0.254 e. The highest BCUT2D eigenvalue weighted by atomic mass is 19.1. The molecule has 2 rings (SSSR count). The van der Waals surface area contributed by atoms with Gasteiger partial charge in [-0.25, -0.2) is 13.8 Å². The Kier molecular flexibility index (Phi) is 2.75. The molecule has 17 heavy (non-hydrogen) atoms. The summed E-state index contributed by atoms with van der Waals surface area (Å²) in [7, 11) is 0. The first-order chi connectivity index (χ1) is 7.97. The Balaban J connectivity index is 2.72. The second kappa shape index (κ2) is 4.08. The second-order valence-corrected chi connectivity index (χ2v) is 3.78. The van der Waals surface area contributed by atoms with Crippen LogP contribution in [0.5, 0.6) is 0 Å². The first-order valence-corrected chi connectivity index (χ1v) is 5.01. The number of nitrogens with zero attached hydrogens (tertiary/aromatic N) is 1. The van der Waals surface area contributed by atoms with E-state index in [-0.39, 0.29) is 11.1 Å². The summed E-state index contributed by atoms with van der Waals surface area (Å²) < 4.78 is 26.2. The van der Waals surface area contributed by atoms with Gasteiger partial charge in [0.05, 0.1) is 5.69 Å². The summed E-state index contributed by atoms with van der Waals surface area (Å²) in [6.07, 6.45) is 0. The van der Waals surface area contributed by atoms with Crippen molar-refractivity contribution in [3.05, 3.63) is 51.6 Å². The predicted octanol–water partition coefficient (Wildman–Crippen LogP) is 2.33. The van der Waals surface area contributed by atoms with Crippen LogP contribution >= 0.6 is 0 Å². The van der Waals surface area contributed by atoms with Gasteiger partial charge in [-0.1, -0.05) is 0 Å². The van der Waals surface area contributed by atoms with Gasteiger partial charge in [0.15, 0.2) is 0 Å². The Hall–Kier alpha value is -2.04. The number of benzene rings is 1. The fourth-order valence-electron chi connectivity index (χ4n) is 1.62. The summed E-state index contributed by atoms with van der Waals surface area (Å²) in [6, 6.07) is 3.08. The Bertz CT molecular complexity index is 615. The molecule has 0 saturated carbocycles. The molecule has 0 saturated heterocycles. The highest BCUT2D eigenvalue weighted by Gasteiger charge is 2.10. The van der Waals surface area contributed by atoms with E-state index in [0.717, 1.165) is 18.2 Å². The van der Waals surface area contributed by atoms with Crippen molar-refractivity contribution in [1.82, 2.24) is 9.97 Å². The van der Waals surface area contributed by atoms with Crippen molar-refractivity contribution in [2.75, 3.05) is 0 Å². The lowest BCUT2D eigenvalue weighted by molar-refractivity contribution is 0.584. The molecule has 0 fully saturated rings. The first kappa shape index (κ1) is 11.4. The summed E-state index contributed by atoms with van der Waals surface area (Å²) in [5.74, 6) is -0.987. The van der Waals surface area contributed by atoms with Crippen molar-refractivity contribution in [1.29, 1.82) is 0 Å². The van der Waals surface area contributed by atoms with Gasteiger partial charge in [0.2, 0.25) is 0 Å². The summed E-state index contributed by atoms with van der Waals surface area (Å²) in [5.41, 5.74) is 0.580. The molecule has 0 bridgehead atoms. The Morgan fingerprint density at radius 1 is 1.12 bits per heavy atom. The Labute approximate surface area is 96.2 Å². The number of rotatable bonds is 1. The van der Waals surface area contributed by atoms with E-state index in [1.165, 1.54) is 0 Å². The van der Waals surface area contributed by atoms with Crippen LogP contribution in [0.4, 0.5) is 8.78 Å². The molecule has 0 radical (unpaired) electrons. The fraction of sp³-hybridized carbons (Fsp3) is 0.167. The summed E-state index contributed by atoms with van der Waals surface area (Å²) >= 11 is 0. The first-order valence-electron chi connectivity index (χ1n) is 5.01. The maximum absolute atomic E-state index is 13.1. The fourth-order valence-corrected chi connectivity index (χ4v) is 1.62. The lowest BCUT2D eigenvalue weighted by Gasteiger charge is -2.06. The van der Waals surface area contributed by atoms with Gasteiger partial charge in [-0.3, -0.25) is 4.79 Å². The number of aryl methyl sites for hydroxylation is 1. The van der Waals surface area contributed by atoms with E-state index < -0.39 is 11.6 Å². The third kappa shape index (κ3) is 2.22. The molecule has 1 N–H and O–H groups in total. The van der Waals surface area contributed by atoms with Crippen LogP contribution < -0.4 is 5.56 Å². The molecule has 3 nitrogen and oxygen atoms in total. The van der Waals surface area contributed by atoms with Crippen LogP contribution in [0.2, 0.25) is 0 Å². The molecule has 0 aliphatic carbocycles. The van der Waals surface area contributed by atoms with Crippen molar-refractivity contribution >= 4 is 0 Å². The number of nitrogens with one attached hydrogen (secondary N) is 1. The zero-order valence-corrected chi connectivity index (χ0v) is 9.34. The molecule has 5 heteroatoms. The van der Waals surface area contributed by atoms with Crippen molar-refractivity contribution in [2.45, 2.75) is 13.8 Å². The van der Waals surface area contributed by atoms with E-state index in [1.54, 1.807) is 13.8 Å². The van der Waals surface area contributed by atoms with Gasteiger partial charge in [-0.2, -0.15) is 0 Å². The maximum atomic E-state index is 13.1. The van der Waals surface area contributed by atoms with Gasteiger partial charge in [0.25, 0.3) is 5.56 Å². The Morgan fingerprint density at radius 3 is 2.29 bits per heavy atom. The third-order valence-corrected chi connectivity index (χ3v) is 2.41. The minimum atomic E-state index is -0.695. The van der Waals surface area contributed by atoms with Crippen LogP contribution in [0.3, 0.4) is 0 Å². The van der Waals surface area contributed by atoms with Crippen LogP contribution in [0.15, 0.2) is 23.0 Å². The van der Waals surface area contributed by atoms with Gasteiger partial charge < -0.3 is 4.98 Å². The van der Waals surface area contributed by atoms with Crippen molar-refractivity contribution in [3.8, 4) is 11.3 Å². The number of aromatic amines is 1. The van der Waals surface area contributed by atoms with Gasteiger partial charge in [0, 0.05) is 17.2 Å². The lowest BCUT2D eigenvalue weighted by Crippen LogP contribution is -2.14. The quantitative estimate of drug-likeness (QED) is 0.826. The monoisotopic (exact) mass is 236 g/mol. The number of aromatic nitrogens is 2. The zero-order chi connectivity index (χ0) is 12.6. The molecular formula is C12H10F2N2O. The minimum absolute atomic E-state index is 0.259. The molecular weight excluding hydrogens is 226 g/mol. The molecule has 1 heterocycles. The standard InChI is InChI=1S/C12H10F2N2O/c1-6-11(15-7(2)16-12(6)17)8-3-9(13)5-10(14)4-8/h3-5H,1-2H3,(H,15,16,17). The van der Waals surface area contributed by atoms with Crippen molar-refractivity contribution < 1.29 is 8.78 Å². The summed E-state index contributed by atoms with van der Waals surface area (Å²) in [6.45, 7) is 3.17. The zero-order valence-electron chi connectivity index (χ0n) is 9.34. The normalized spacial score (nSPS) is 10.6. The highest BCUT2D eigenvalue weighted by Crippen LogP contribution is 2.21. The number of halogens is 2. The molecule has 0 aliphatic heterocycles. The van der Waals surface area contributed by atoms with E-state index in [4.69, 9.17) is 0 Å². The number of hydrogen-bond donors (Lipinski definition) is 1. The van der Waals surface area contributed by atoms with Crippen LogP contribution in [0.1, 0.15) is 11.4 Å². The Morgan fingerprint density at radius 2 is 1.71 bits per heavy atom. The average Bonchev–Trinajstić information content (AvgIpc) is 2.22. The second-order valence-electron chi connectivity index (χ2n) is 3.78. The van der Waals surface area contributed by atoms with Crippen molar-refractivity contribution in [2.24, 2.45) is 0 Å². The van der Waals surface area contributed by atoms with E-state index >= 15 is 0 Å². The molecule has 2 aromatic rings.